The second kappa shape index (κ2) is 3.73. The van der Waals surface area contributed by atoms with E-state index in [4.69, 9.17) is 0 Å². The van der Waals surface area contributed by atoms with Gasteiger partial charge in [0, 0.05) is 18.4 Å². The van der Waals surface area contributed by atoms with Crippen LogP contribution in [-0.2, 0) is 0 Å². The number of nitrogens with zero attached hydrogens (tertiary/aromatic N) is 4. The highest BCUT2D eigenvalue weighted by Crippen LogP contribution is 2.36. The molecule has 0 amide bonds. The Morgan fingerprint density at radius 3 is 2.95 bits per heavy atom. The SMILES string of the molecule is O[C]1[N-]c2cccc[n+]2[C-]1c1c[n+]2cccc[c-]2n1. The van der Waals surface area contributed by atoms with Crippen molar-refractivity contribution in [3.8, 4) is 0 Å². The van der Waals surface area contributed by atoms with Crippen LogP contribution in [0.4, 0.5) is 5.82 Å². The van der Waals surface area contributed by atoms with E-state index < -0.39 is 0 Å². The number of hydrogen-bond donors (Lipinski definition) is 1. The fraction of sp³-hybridized carbons (Fsp3) is 0. The Bertz CT molecular complexity index is 719. The van der Waals surface area contributed by atoms with Crippen molar-refractivity contribution in [2.75, 3.05) is 0 Å². The molecule has 0 unspecified atom stereocenters. The van der Waals surface area contributed by atoms with Crippen molar-refractivity contribution >= 4 is 11.5 Å². The summed E-state index contributed by atoms with van der Waals surface area (Å²) in [7, 11) is 0. The van der Waals surface area contributed by atoms with Gasteiger partial charge in [0.05, 0.1) is 5.82 Å². The first-order valence-corrected chi connectivity index (χ1v) is 5.93. The molecule has 1 aliphatic heterocycles. The molecule has 1 N–H and O–H groups in total. The number of aliphatic hydroxyl groups is 1. The van der Waals surface area contributed by atoms with Crippen LogP contribution in [0.1, 0.15) is 5.69 Å². The highest BCUT2D eigenvalue weighted by atomic mass is 16.3. The molecule has 0 atom stereocenters. The number of pyridine rings is 2. The minimum absolute atomic E-state index is 0.00499. The van der Waals surface area contributed by atoms with Gasteiger partial charge < -0.3 is 14.1 Å². The molecular formula is C14H10N4O-. The summed E-state index contributed by atoms with van der Waals surface area (Å²) < 4.78 is 3.74. The monoisotopic (exact) mass is 250 g/mol. The van der Waals surface area contributed by atoms with Crippen molar-refractivity contribution in [1.29, 1.82) is 0 Å². The van der Waals surface area contributed by atoms with Gasteiger partial charge in [-0.05, 0) is 6.07 Å². The van der Waals surface area contributed by atoms with Crippen molar-refractivity contribution in [1.82, 2.24) is 4.98 Å². The lowest BCUT2D eigenvalue weighted by atomic mass is 10.2. The fourth-order valence-corrected chi connectivity index (χ4v) is 2.27. The average molecular weight is 250 g/mol. The number of aliphatic hydroxyl groups excluding tert-OH is 1. The van der Waals surface area contributed by atoms with E-state index in [1.807, 2.05) is 64.0 Å². The van der Waals surface area contributed by atoms with Crippen LogP contribution in [-0.4, -0.2) is 10.1 Å². The van der Waals surface area contributed by atoms with Gasteiger partial charge in [-0.2, -0.15) is 0 Å². The molecule has 0 aliphatic carbocycles. The number of rotatable bonds is 1. The van der Waals surface area contributed by atoms with Crippen molar-refractivity contribution in [2.45, 2.75) is 0 Å². The standard InChI is InChI=1S/C14H10N4O/c19-14-13(18-8-4-2-6-12(18)16-14)10-9-17-7-3-1-5-11(17)15-10/h1-9,19H/q-1. The summed E-state index contributed by atoms with van der Waals surface area (Å²) in [4.78, 5) is 4.51. The summed E-state index contributed by atoms with van der Waals surface area (Å²) in [6, 6.07) is 12.0. The van der Waals surface area contributed by atoms with Gasteiger partial charge in [-0.1, -0.05) is 30.5 Å². The second-order valence-corrected chi connectivity index (χ2v) is 4.31. The summed E-state index contributed by atoms with van der Waals surface area (Å²) >= 11 is 0. The Kier molecular flexibility index (Phi) is 2.04. The zero-order chi connectivity index (χ0) is 12.8. The van der Waals surface area contributed by atoms with Crippen LogP contribution in [0, 0.1) is 12.3 Å². The molecule has 4 rings (SSSR count). The van der Waals surface area contributed by atoms with Gasteiger partial charge in [0.2, 0.25) is 5.65 Å². The van der Waals surface area contributed by atoms with Gasteiger partial charge in [-0.3, -0.25) is 5.32 Å². The lowest BCUT2D eigenvalue weighted by molar-refractivity contribution is -0.630. The maximum absolute atomic E-state index is 10.0. The molecule has 0 spiro atoms. The number of hydrogen-bond acceptors (Lipinski definition) is 2. The zero-order valence-corrected chi connectivity index (χ0v) is 9.93. The topological polar surface area (TPSA) is 55.2 Å². The molecule has 0 aromatic carbocycles. The number of aromatic nitrogens is 3. The average Bonchev–Trinajstić information content (AvgIpc) is 2.97. The molecule has 3 aromatic heterocycles. The highest BCUT2D eigenvalue weighted by molar-refractivity contribution is 5.51. The molecule has 0 fully saturated rings. The number of imidazole rings is 1. The molecule has 5 nitrogen and oxygen atoms in total. The quantitative estimate of drug-likeness (QED) is 0.520. The smallest absolute Gasteiger partial charge is 0.247 e. The van der Waals surface area contributed by atoms with Crippen molar-refractivity contribution < 1.29 is 14.1 Å². The molecule has 3 aromatic rings. The Morgan fingerprint density at radius 2 is 2.05 bits per heavy atom. The molecular weight excluding hydrogens is 240 g/mol. The van der Waals surface area contributed by atoms with Crippen LogP contribution in [0.5, 0.6) is 0 Å². The molecule has 5 heteroatoms. The summed E-state index contributed by atoms with van der Waals surface area (Å²) in [5, 5.41) is 14.2. The molecule has 19 heavy (non-hydrogen) atoms. The fourth-order valence-electron chi connectivity index (χ4n) is 2.27. The third-order valence-electron chi connectivity index (χ3n) is 3.12. The Hall–Kier alpha value is -2.53. The summed E-state index contributed by atoms with van der Waals surface area (Å²) in [6.07, 6.45) is 5.66. The van der Waals surface area contributed by atoms with Crippen molar-refractivity contribution in [3.05, 3.63) is 78.3 Å². The van der Waals surface area contributed by atoms with Gasteiger partial charge in [-0.15, -0.1) is 11.1 Å². The van der Waals surface area contributed by atoms with Crippen LogP contribution >= 0.6 is 0 Å². The van der Waals surface area contributed by atoms with Crippen molar-refractivity contribution in [2.24, 2.45) is 0 Å². The third-order valence-corrected chi connectivity index (χ3v) is 3.12. The van der Waals surface area contributed by atoms with Gasteiger partial charge in [0.15, 0.2) is 6.23 Å². The maximum Gasteiger partial charge on any atom is 0.247 e. The van der Waals surface area contributed by atoms with Crippen LogP contribution in [0.3, 0.4) is 0 Å². The molecule has 0 saturated heterocycles. The van der Waals surface area contributed by atoms with Crippen molar-refractivity contribution in [3.63, 3.8) is 0 Å². The minimum atomic E-state index is -0.00499. The van der Waals surface area contributed by atoms with Gasteiger partial charge in [-0.25, -0.2) is 0 Å². The van der Waals surface area contributed by atoms with E-state index in [-0.39, 0.29) is 6.23 Å². The highest BCUT2D eigenvalue weighted by Gasteiger charge is 2.29. The maximum atomic E-state index is 10.0. The first kappa shape index (κ1) is 10.4. The normalized spacial score (nSPS) is 14.7. The molecule has 0 bridgehead atoms. The minimum Gasteiger partial charge on any atom is -0.423 e. The van der Waals surface area contributed by atoms with E-state index in [1.54, 1.807) is 0 Å². The Morgan fingerprint density at radius 1 is 1.16 bits per heavy atom. The van der Waals surface area contributed by atoms with E-state index in [2.05, 4.69) is 10.3 Å². The predicted molar refractivity (Wildman–Crippen MR) is 65.6 cm³/mol. The van der Waals surface area contributed by atoms with E-state index in [0.717, 1.165) is 5.65 Å². The lowest BCUT2D eigenvalue weighted by Crippen LogP contribution is -2.39. The predicted octanol–water partition coefficient (Wildman–Crippen LogP) is 1.14. The van der Waals surface area contributed by atoms with E-state index >= 15 is 0 Å². The second-order valence-electron chi connectivity index (χ2n) is 4.31. The summed E-state index contributed by atoms with van der Waals surface area (Å²) in [5.74, 6) is 0.701. The molecule has 4 heterocycles. The summed E-state index contributed by atoms with van der Waals surface area (Å²) in [6.45, 7) is 0. The Labute approximate surface area is 109 Å². The van der Waals surface area contributed by atoms with Crippen LogP contribution in [0.25, 0.3) is 11.0 Å². The van der Waals surface area contributed by atoms with Gasteiger partial charge in [0.1, 0.15) is 5.69 Å². The number of fused-ring (bicyclic) bond motifs is 2. The van der Waals surface area contributed by atoms with Gasteiger partial charge in [0.25, 0.3) is 0 Å². The third kappa shape index (κ3) is 1.49. The Balaban J connectivity index is 1.87. The van der Waals surface area contributed by atoms with Crippen LogP contribution < -0.4 is 8.97 Å². The van der Waals surface area contributed by atoms with Crippen LogP contribution in [0.15, 0.2) is 55.0 Å². The first-order valence-electron chi connectivity index (χ1n) is 5.93. The first-order chi connectivity index (χ1) is 9.33. The lowest BCUT2D eigenvalue weighted by Gasteiger charge is -2.18. The van der Waals surface area contributed by atoms with E-state index in [9.17, 15) is 5.11 Å². The molecule has 0 saturated carbocycles. The molecule has 93 valence electrons. The van der Waals surface area contributed by atoms with E-state index in [1.165, 1.54) is 0 Å². The molecule has 1 radical (unpaired) electrons. The summed E-state index contributed by atoms with van der Waals surface area (Å²) in [5.41, 5.74) is 1.53. The van der Waals surface area contributed by atoms with E-state index in [0.29, 0.717) is 17.6 Å². The molecule has 1 aliphatic rings. The largest absolute Gasteiger partial charge is 0.423 e. The van der Waals surface area contributed by atoms with Crippen LogP contribution in [0.2, 0.25) is 0 Å². The zero-order valence-electron chi connectivity index (χ0n) is 9.93. The van der Waals surface area contributed by atoms with Gasteiger partial charge >= 0.3 is 0 Å².